The highest BCUT2D eigenvalue weighted by atomic mass is 16.5. The molecule has 2 aromatic carbocycles. The minimum absolute atomic E-state index is 0.142. The fourth-order valence-corrected chi connectivity index (χ4v) is 4.24. The Morgan fingerprint density at radius 2 is 1.75 bits per heavy atom. The van der Waals surface area contributed by atoms with Gasteiger partial charge in [0.15, 0.2) is 0 Å². The van der Waals surface area contributed by atoms with Gasteiger partial charge in [0.25, 0.3) is 5.56 Å². The quantitative estimate of drug-likeness (QED) is 0.417. The van der Waals surface area contributed by atoms with E-state index >= 15 is 0 Å². The maximum atomic E-state index is 12.9. The van der Waals surface area contributed by atoms with Gasteiger partial charge in [0.1, 0.15) is 5.82 Å². The number of aromatic nitrogens is 4. The minimum atomic E-state index is -0.211. The first-order valence-corrected chi connectivity index (χ1v) is 12.0. The van der Waals surface area contributed by atoms with Crippen LogP contribution in [0, 0.1) is 6.92 Å². The van der Waals surface area contributed by atoms with Gasteiger partial charge in [0.05, 0.1) is 24.6 Å². The summed E-state index contributed by atoms with van der Waals surface area (Å²) in [6, 6.07) is 21.3. The van der Waals surface area contributed by atoms with Crippen molar-refractivity contribution in [3.8, 4) is 16.9 Å². The molecule has 36 heavy (non-hydrogen) atoms. The number of H-pyrrole nitrogens is 1. The third-order valence-corrected chi connectivity index (χ3v) is 6.17. The molecule has 184 valence electrons. The van der Waals surface area contributed by atoms with Crippen LogP contribution in [0.2, 0.25) is 0 Å². The smallest absolute Gasteiger partial charge is 0.255 e. The highest BCUT2D eigenvalue weighted by Crippen LogP contribution is 2.25. The molecule has 2 aromatic heterocycles. The van der Waals surface area contributed by atoms with Gasteiger partial charge in [0.2, 0.25) is 11.9 Å². The van der Waals surface area contributed by atoms with Crippen LogP contribution in [-0.4, -0.2) is 52.0 Å². The molecular formula is C27H28N6O3. The summed E-state index contributed by atoms with van der Waals surface area (Å²) in [6.45, 7) is 4.39. The Kier molecular flexibility index (Phi) is 6.90. The number of amides is 1. The molecule has 1 saturated heterocycles. The number of rotatable bonds is 7. The van der Waals surface area contributed by atoms with Crippen LogP contribution in [-0.2, 0) is 16.0 Å². The molecule has 0 bridgehead atoms. The number of nitrogens with one attached hydrogen (secondary N) is 2. The fraction of sp³-hybridized carbons (Fsp3) is 0.259. The Morgan fingerprint density at radius 3 is 2.44 bits per heavy atom. The molecule has 0 atom stereocenters. The molecule has 4 aromatic rings. The maximum Gasteiger partial charge on any atom is 0.255 e. The predicted molar refractivity (Wildman–Crippen MR) is 139 cm³/mol. The van der Waals surface area contributed by atoms with Crippen molar-refractivity contribution >= 4 is 17.7 Å². The maximum absolute atomic E-state index is 12.9. The number of carbonyl (C=O) groups excluding carboxylic acids is 1. The molecule has 0 spiro atoms. The lowest BCUT2D eigenvalue weighted by Gasteiger charge is -2.27. The second-order valence-electron chi connectivity index (χ2n) is 8.63. The van der Waals surface area contributed by atoms with E-state index in [0.29, 0.717) is 49.3 Å². The van der Waals surface area contributed by atoms with Gasteiger partial charge in [0, 0.05) is 42.4 Å². The Hall–Kier alpha value is -4.24. The average molecular weight is 485 g/mol. The summed E-state index contributed by atoms with van der Waals surface area (Å²) in [7, 11) is 0. The zero-order chi connectivity index (χ0) is 24.9. The summed E-state index contributed by atoms with van der Waals surface area (Å²) in [5, 5.41) is 7.71. The van der Waals surface area contributed by atoms with Crippen LogP contribution in [0.5, 0.6) is 0 Å². The zero-order valence-electron chi connectivity index (χ0n) is 20.1. The van der Waals surface area contributed by atoms with Crippen molar-refractivity contribution in [1.29, 1.82) is 0 Å². The predicted octanol–water partition coefficient (Wildman–Crippen LogP) is 3.34. The Morgan fingerprint density at radius 1 is 1.06 bits per heavy atom. The van der Waals surface area contributed by atoms with Crippen molar-refractivity contribution in [1.82, 2.24) is 19.7 Å². The van der Waals surface area contributed by atoms with Crippen LogP contribution in [0.25, 0.3) is 16.9 Å². The van der Waals surface area contributed by atoms with Gasteiger partial charge < -0.3 is 15.0 Å². The average Bonchev–Trinajstić information content (AvgIpc) is 3.33. The molecule has 9 heteroatoms. The Labute approximate surface area is 208 Å². The number of hydrogen-bond acceptors (Lipinski definition) is 6. The van der Waals surface area contributed by atoms with Crippen molar-refractivity contribution in [2.24, 2.45) is 0 Å². The van der Waals surface area contributed by atoms with Gasteiger partial charge in [-0.15, -0.1) is 0 Å². The molecule has 1 aliphatic rings. The summed E-state index contributed by atoms with van der Waals surface area (Å²) in [5.41, 5.74) is 3.49. The van der Waals surface area contributed by atoms with Crippen molar-refractivity contribution < 1.29 is 9.53 Å². The molecule has 0 radical (unpaired) electrons. The molecule has 0 unspecified atom stereocenters. The van der Waals surface area contributed by atoms with E-state index in [0.717, 1.165) is 16.9 Å². The number of para-hydroxylation sites is 1. The van der Waals surface area contributed by atoms with Crippen molar-refractivity contribution in [2.45, 2.75) is 19.8 Å². The van der Waals surface area contributed by atoms with Crippen LogP contribution >= 0.6 is 0 Å². The molecule has 1 fully saturated rings. The molecule has 1 amide bonds. The minimum Gasteiger partial charge on any atom is -0.378 e. The van der Waals surface area contributed by atoms with Crippen LogP contribution in [0.1, 0.15) is 17.7 Å². The monoisotopic (exact) mass is 484 g/mol. The van der Waals surface area contributed by atoms with Gasteiger partial charge in [-0.1, -0.05) is 48.5 Å². The van der Waals surface area contributed by atoms with Gasteiger partial charge in [-0.25, -0.2) is 9.67 Å². The number of morpholine rings is 1. The third kappa shape index (κ3) is 5.21. The fourth-order valence-electron chi connectivity index (χ4n) is 4.24. The van der Waals surface area contributed by atoms with E-state index in [1.54, 1.807) is 4.68 Å². The third-order valence-electron chi connectivity index (χ3n) is 6.17. The van der Waals surface area contributed by atoms with E-state index in [4.69, 9.17) is 9.84 Å². The van der Waals surface area contributed by atoms with Gasteiger partial charge in [-0.3, -0.25) is 14.6 Å². The van der Waals surface area contributed by atoms with E-state index in [1.165, 1.54) is 0 Å². The second-order valence-corrected chi connectivity index (χ2v) is 8.63. The van der Waals surface area contributed by atoms with Crippen molar-refractivity contribution in [3.63, 3.8) is 0 Å². The van der Waals surface area contributed by atoms with E-state index in [9.17, 15) is 9.59 Å². The highest BCUT2D eigenvalue weighted by Gasteiger charge is 2.18. The lowest BCUT2D eigenvalue weighted by molar-refractivity contribution is -0.116. The number of nitrogens with zero attached hydrogens (tertiary/aromatic N) is 4. The van der Waals surface area contributed by atoms with Gasteiger partial charge >= 0.3 is 0 Å². The van der Waals surface area contributed by atoms with Crippen LogP contribution in [0.15, 0.2) is 71.5 Å². The lowest BCUT2D eigenvalue weighted by atomic mass is 10.1. The standard InChI is InChI=1S/C27H28N6O3/c1-19-22(26(35)30-27(28-19)32-14-16-36-17-15-32)12-13-25(34)29-24-18-23(20-8-4-2-5-9-20)31-33(24)21-10-6-3-7-11-21/h2-11,18H,12-17H2,1H3,(H,29,34)(H,28,30,35). The summed E-state index contributed by atoms with van der Waals surface area (Å²) in [4.78, 5) is 35.2. The number of benzene rings is 2. The highest BCUT2D eigenvalue weighted by molar-refractivity contribution is 5.91. The molecule has 0 saturated carbocycles. The summed E-state index contributed by atoms with van der Waals surface area (Å²) in [6.07, 6.45) is 0.428. The normalized spacial score (nSPS) is 13.5. The first-order valence-electron chi connectivity index (χ1n) is 12.0. The van der Waals surface area contributed by atoms with Crippen LogP contribution in [0.4, 0.5) is 11.8 Å². The molecule has 5 rings (SSSR count). The molecule has 2 N–H and O–H groups in total. The van der Waals surface area contributed by atoms with E-state index < -0.39 is 0 Å². The Bertz CT molecular complexity index is 1390. The number of carbonyl (C=O) groups is 1. The molecule has 9 nitrogen and oxygen atoms in total. The number of aromatic amines is 1. The second kappa shape index (κ2) is 10.6. The van der Waals surface area contributed by atoms with Crippen LogP contribution < -0.4 is 15.8 Å². The summed E-state index contributed by atoms with van der Waals surface area (Å²) in [5.74, 6) is 0.911. The molecule has 3 heterocycles. The van der Waals surface area contributed by atoms with Crippen LogP contribution in [0.3, 0.4) is 0 Å². The Balaban J connectivity index is 1.32. The zero-order valence-corrected chi connectivity index (χ0v) is 20.1. The SMILES string of the molecule is Cc1nc(N2CCOCC2)[nH]c(=O)c1CCC(=O)Nc1cc(-c2ccccc2)nn1-c1ccccc1. The van der Waals surface area contributed by atoms with E-state index in [-0.39, 0.29) is 24.3 Å². The van der Waals surface area contributed by atoms with E-state index in [2.05, 4.69) is 15.3 Å². The van der Waals surface area contributed by atoms with E-state index in [1.807, 2.05) is 78.6 Å². The largest absolute Gasteiger partial charge is 0.378 e. The van der Waals surface area contributed by atoms with Gasteiger partial charge in [-0.05, 0) is 25.5 Å². The number of hydrogen-bond donors (Lipinski definition) is 2. The van der Waals surface area contributed by atoms with Crippen molar-refractivity contribution in [3.05, 3.63) is 88.3 Å². The first kappa shape index (κ1) is 23.5. The van der Waals surface area contributed by atoms with Crippen molar-refractivity contribution in [2.75, 3.05) is 36.5 Å². The summed E-state index contributed by atoms with van der Waals surface area (Å²) >= 11 is 0. The molecule has 0 aliphatic carbocycles. The van der Waals surface area contributed by atoms with Gasteiger partial charge in [-0.2, -0.15) is 5.10 Å². The first-order chi connectivity index (χ1) is 17.6. The lowest BCUT2D eigenvalue weighted by Crippen LogP contribution is -2.38. The number of ether oxygens (including phenoxy) is 1. The molecule has 1 aliphatic heterocycles. The topological polar surface area (TPSA) is 105 Å². The number of aryl methyl sites for hydroxylation is 1. The molecular weight excluding hydrogens is 456 g/mol. The number of anilines is 2. The summed E-state index contributed by atoms with van der Waals surface area (Å²) < 4.78 is 7.09.